The lowest BCUT2D eigenvalue weighted by Crippen LogP contribution is -2.53. The Labute approximate surface area is 235 Å². The van der Waals surface area contributed by atoms with Crippen LogP contribution in [0, 0.1) is 5.92 Å². The third-order valence-electron chi connectivity index (χ3n) is 6.79. The summed E-state index contributed by atoms with van der Waals surface area (Å²) in [4.78, 5) is 13.1. The Morgan fingerprint density at radius 2 is 1.80 bits per heavy atom. The topological polar surface area (TPSA) is 133 Å². The van der Waals surface area contributed by atoms with Gasteiger partial charge in [0.15, 0.2) is 13.1 Å². The van der Waals surface area contributed by atoms with Crippen LogP contribution in [0.2, 0.25) is 0 Å². The number of alkyl carbamates (subject to hydrolysis) is 1. The zero-order valence-corrected chi connectivity index (χ0v) is 23.8. The van der Waals surface area contributed by atoms with Gasteiger partial charge in [0.25, 0.3) is 0 Å². The van der Waals surface area contributed by atoms with E-state index < -0.39 is 46.8 Å². The van der Waals surface area contributed by atoms with Crippen molar-refractivity contribution in [3.05, 3.63) is 60.2 Å². The molecule has 11 nitrogen and oxygen atoms in total. The number of nitrogens with zero attached hydrogens (tertiary/aromatic N) is 1. The van der Waals surface area contributed by atoms with Crippen LogP contribution in [0.1, 0.15) is 25.8 Å². The lowest BCUT2D eigenvalue weighted by atomic mass is 10.0. The van der Waals surface area contributed by atoms with Gasteiger partial charge in [0.1, 0.15) is 18.0 Å². The van der Waals surface area contributed by atoms with Gasteiger partial charge in [-0.05, 0) is 42.2 Å². The Bertz CT molecular complexity index is 1190. The van der Waals surface area contributed by atoms with Crippen LogP contribution in [0.5, 0.6) is 5.75 Å². The summed E-state index contributed by atoms with van der Waals surface area (Å²) in [6.45, 7) is 4.15. The second-order valence-corrected chi connectivity index (χ2v) is 12.2. The number of amides is 1. The Morgan fingerprint density at radius 1 is 1.07 bits per heavy atom. The molecule has 5 atom stereocenters. The first-order valence-electron chi connectivity index (χ1n) is 13.4. The molecule has 4 rings (SSSR count). The van der Waals surface area contributed by atoms with Crippen LogP contribution in [0.4, 0.5) is 4.79 Å². The number of aliphatic hydroxyl groups is 1. The minimum absolute atomic E-state index is 0.0131. The molecule has 12 heteroatoms. The molecule has 2 aromatic carbocycles. The first kappa shape index (κ1) is 30.2. The van der Waals surface area contributed by atoms with E-state index >= 15 is 0 Å². The van der Waals surface area contributed by atoms with E-state index in [1.54, 1.807) is 12.1 Å². The second-order valence-electron chi connectivity index (χ2n) is 10.3. The van der Waals surface area contributed by atoms with Gasteiger partial charge in [-0.3, -0.25) is 0 Å². The molecule has 0 aliphatic carbocycles. The highest BCUT2D eigenvalue weighted by atomic mass is 32.2. The van der Waals surface area contributed by atoms with Crippen LogP contribution in [0.25, 0.3) is 0 Å². The molecular weight excluding hydrogens is 540 g/mol. The van der Waals surface area contributed by atoms with E-state index in [1.807, 2.05) is 44.2 Å². The smallest absolute Gasteiger partial charge is 0.407 e. The number of ether oxygens (including phenoxy) is 5. The predicted molar refractivity (Wildman–Crippen MR) is 145 cm³/mol. The number of benzene rings is 2. The zero-order valence-electron chi connectivity index (χ0n) is 23.0. The summed E-state index contributed by atoms with van der Waals surface area (Å²) in [7, 11) is -2.45. The number of rotatable bonds is 12. The summed E-state index contributed by atoms with van der Waals surface area (Å²) >= 11 is 0. The number of carbonyl (C=O) groups excluding carboxylic acids is 1. The fourth-order valence-corrected chi connectivity index (χ4v) is 6.38. The Hall–Kier alpha value is -2.74. The maximum atomic E-state index is 13.6. The highest BCUT2D eigenvalue weighted by Gasteiger charge is 2.42. The predicted octanol–water partition coefficient (Wildman–Crippen LogP) is 2.53. The van der Waals surface area contributed by atoms with E-state index in [2.05, 4.69) is 5.32 Å². The van der Waals surface area contributed by atoms with Gasteiger partial charge in [-0.1, -0.05) is 44.2 Å². The van der Waals surface area contributed by atoms with Gasteiger partial charge < -0.3 is 34.1 Å². The van der Waals surface area contributed by atoms with E-state index in [9.17, 15) is 18.3 Å². The van der Waals surface area contributed by atoms with Crippen molar-refractivity contribution in [1.82, 2.24) is 9.62 Å². The van der Waals surface area contributed by atoms with Crippen LogP contribution in [0.3, 0.4) is 0 Å². The lowest BCUT2D eigenvalue weighted by molar-refractivity contribution is -0.168. The fourth-order valence-electron chi connectivity index (χ4n) is 4.76. The molecule has 0 saturated carbocycles. The summed E-state index contributed by atoms with van der Waals surface area (Å²) in [5, 5.41) is 14.2. The molecule has 0 bridgehead atoms. The van der Waals surface area contributed by atoms with Gasteiger partial charge in [-0.15, -0.1) is 0 Å². The lowest BCUT2D eigenvalue weighted by Gasteiger charge is -2.33. The minimum atomic E-state index is -3.95. The van der Waals surface area contributed by atoms with E-state index in [0.29, 0.717) is 18.8 Å². The molecule has 2 aliphatic rings. The van der Waals surface area contributed by atoms with Crippen LogP contribution < -0.4 is 10.1 Å². The van der Waals surface area contributed by atoms with Gasteiger partial charge in [-0.2, -0.15) is 4.31 Å². The SMILES string of the molecule is COc1ccc(S(=O)(=O)N(CC(C)C)C[C@@H](O)[C@H](Cc2ccccc2)NC(=O)O[C@H]2CCO[C@H]3OCO[C@H]32)cc1. The van der Waals surface area contributed by atoms with E-state index in [0.717, 1.165) is 5.56 Å². The molecule has 2 fully saturated rings. The molecule has 0 spiro atoms. The highest BCUT2D eigenvalue weighted by Crippen LogP contribution is 2.27. The van der Waals surface area contributed by atoms with Crippen molar-refractivity contribution in [1.29, 1.82) is 0 Å². The molecule has 40 heavy (non-hydrogen) atoms. The average molecular weight is 579 g/mol. The van der Waals surface area contributed by atoms with Crippen molar-refractivity contribution < 1.29 is 42.0 Å². The Kier molecular flexibility index (Phi) is 10.4. The molecule has 2 aliphatic heterocycles. The third-order valence-corrected chi connectivity index (χ3v) is 8.64. The Morgan fingerprint density at radius 3 is 2.48 bits per heavy atom. The van der Waals surface area contributed by atoms with Crippen molar-refractivity contribution in [3.63, 3.8) is 0 Å². The standard InChI is InChI=1S/C28H38N2O9S/c1-19(2)16-30(40(33,34)22-11-9-21(35-3)10-12-22)17-24(31)23(15-20-7-5-4-6-8-20)29-28(32)39-25-13-14-36-27-26(25)37-18-38-27/h4-12,19,23-27,31H,13-18H2,1-3H3,(H,29,32)/t23-,24+,25-,26-,27-/m0/s1. The van der Waals surface area contributed by atoms with Crippen LogP contribution in [0.15, 0.2) is 59.5 Å². The molecule has 0 unspecified atom stereocenters. The molecule has 0 aromatic heterocycles. The number of methoxy groups -OCH3 is 1. The van der Waals surface area contributed by atoms with E-state index in [-0.39, 0.29) is 37.1 Å². The van der Waals surface area contributed by atoms with E-state index in [1.165, 1.54) is 23.5 Å². The fraction of sp³-hybridized carbons (Fsp3) is 0.536. The number of fused-ring (bicyclic) bond motifs is 1. The van der Waals surface area contributed by atoms with Gasteiger partial charge in [-0.25, -0.2) is 13.2 Å². The maximum absolute atomic E-state index is 13.6. The number of sulfonamides is 1. The van der Waals surface area contributed by atoms with Crippen LogP contribution in [-0.2, 0) is 35.4 Å². The van der Waals surface area contributed by atoms with Crippen molar-refractivity contribution in [2.45, 2.75) is 62.2 Å². The quantitative estimate of drug-likeness (QED) is 0.390. The molecule has 0 radical (unpaired) electrons. The van der Waals surface area contributed by atoms with Gasteiger partial charge in [0.2, 0.25) is 10.0 Å². The number of hydrogen-bond donors (Lipinski definition) is 2. The molecule has 220 valence electrons. The maximum Gasteiger partial charge on any atom is 0.407 e. The summed E-state index contributed by atoms with van der Waals surface area (Å²) in [6, 6.07) is 14.6. The molecular formula is C28H38N2O9S. The normalized spacial score (nSPS) is 22.5. The molecule has 2 heterocycles. The van der Waals surface area contributed by atoms with Gasteiger partial charge in [0, 0.05) is 19.5 Å². The summed E-state index contributed by atoms with van der Waals surface area (Å²) < 4.78 is 55.6. The first-order valence-corrected chi connectivity index (χ1v) is 14.8. The summed E-state index contributed by atoms with van der Waals surface area (Å²) in [6.07, 6.45) is -3.00. The van der Waals surface area contributed by atoms with Crippen LogP contribution in [-0.4, -0.2) is 88.2 Å². The largest absolute Gasteiger partial charge is 0.497 e. The second kappa shape index (κ2) is 13.7. The zero-order chi connectivity index (χ0) is 28.7. The summed E-state index contributed by atoms with van der Waals surface area (Å²) in [5.41, 5.74) is 0.860. The molecule has 2 aromatic rings. The monoisotopic (exact) mass is 578 g/mol. The van der Waals surface area contributed by atoms with E-state index in [4.69, 9.17) is 23.7 Å². The van der Waals surface area contributed by atoms with Gasteiger partial charge >= 0.3 is 6.09 Å². The van der Waals surface area contributed by atoms with Gasteiger partial charge in [0.05, 0.1) is 30.8 Å². The number of carbonyl (C=O) groups is 1. The highest BCUT2D eigenvalue weighted by molar-refractivity contribution is 7.89. The molecule has 1 amide bonds. The van der Waals surface area contributed by atoms with Crippen molar-refractivity contribution in [3.8, 4) is 5.75 Å². The third kappa shape index (κ3) is 7.71. The Balaban J connectivity index is 1.51. The molecule has 2 saturated heterocycles. The minimum Gasteiger partial charge on any atom is -0.497 e. The van der Waals surface area contributed by atoms with Crippen molar-refractivity contribution in [2.75, 3.05) is 33.6 Å². The average Bonchev–Trinajstić information content (AvgIpc) is 3.43. The number of nitrogens with one attached hydrogen (secondary N) is 1. The molecule has 2 N–H and O–H groups in total. The first-order chi connectivity index (χ1) is 19.2. The summed E-state index contributed by atoms with van der Waals surface area (Å²) in [5.74, 6) is 0.520. The number of aliphatic hydroxyl groups excluding tert-OH is 1. The number of hydrogen-bond acceptors (Lipinski definition) is 9. The van der Waals surface area contributed by atoms with Crippen molar-refractivity contribution in [2.24, 2.45) is 5.92 Å². The van der Waals surface area contributed by atoms with Crippen molar-refractivity contribution >= 4 is 16.1 Å². The van der Waals surface area contributed by atoms with Crippen LogP contribution >= 0.6 is 0 Å².